The zero-order valence-corrected chi connectivity index (χ0v) is 12.3. The minimum atomic E-state index is 0.143. The first-order valence-corrected chi connectivity index (χ1v) is 6.73. The second-order valence-electron chi connectivity index (χ2n) is 5.84. The Balaban J connectivity index is 4.80. The van der Waals surface area contributed by atoms with E-state index in [4.69, 9.17) is 0 Å². The second-order valence-corrected chi connectivity index (χ2v) is 5.84. The molecule has 0 aliphatic rings. The molecule has 0 saturated carbocycles. The summed E-state index contributed by atoms with van der Waals surface area (Å²) in [6.07, 6.45) is 5.77. The number of likely N-dealkylation sites (N-methyl/N-ethyl adjacent to an activating group) is 1. The van der Waals surface area contributed by atoms with Crippen LogP contribution in [0.1, 0.15) is 60.8 Å². The molecule has 0 amide bonds. The van der Waals surface area contributed by atoms with E-state index in [1.807, 2.05) is 0 Å². The Bertz CT molecular complexity index is 207. The van der Waals surface area contributed by atoms with E-state index in [9.17, 15) is 0 Å². The smallest absolute Gasteiger partial charge is 0.0365 e. The number of hydrogen-bond donors (Lipinski definition) is 0. The molecule has 0 aromatic heterocycles. The maximum atomic E-state index is 4.06. The van der Waals surface area contributed by atoms with Gasteiger partial charge in [-0.05, 0) is 38.3 Å². The van der Waals surface area contributed by atoms with Crippen LogP contribution in [0.15, 0.2) is 12.7 Å². The second kappa shape index (κ2) is 6.44. The van der Waals surface area contributed by atoms with Crippen LogP contribution in [0.4, 0.5) is 0 Å². The monoisotopic (exact) mass is 225 g/mol. The van der Waals surface area contributed by atoms with E-state index in [0.717, 1.165) is 6.54 Å². The Morgan fingerprint density at radius 1 is 1.12 bits per heavy atom. The zero-order valence-electron chi connectivity index (χ0n) is 12.3. The van der Waals surface area contributed by atoms with Crippen molar-refractivity contribution in [2.75, 3.05) is 13.1 Å². The Kier molecular flexibility index (Phi) is 6.32. The average molecular weight is 225 g/mol. The molecule has 96 valence electrons. The maximum Gasteiger partial charge on any atom is 0.0365 e. The molecule has 0 spiro atoms. The molecule has 1 heteroatoms. The molecule has 16 heavy (non-hydrogen) atoms. The predicted octanol–water partition coefficient (Wildman–Crippen LogP) is 4.49. The quantitative estimate of drug-likeness (QED) is 0.550. The molecule has 0 rings (SSSR count). The molecule has 0 fully saturated rings. The fraction of sp³-hybridized carbons (Fsp3) is 0.867. The molecule has 0 bridgehead atoms. The van der Waals surface area contributed by atoms with Gasteiger partial charge in [-0.15, -0.1) is 6.58 Å². The summed E-state index contributed by atoms with van der Waals surface area (Å²) in [6.45, 7) is 20.1. The summed E-state index contributed by atoms with van der Waals surface area (Å²) in [4.78, 5) is 2.55. The molecule has 0 aliphatic carbocycles. The molecule has 1 atom stereocenters. The van der Waals surface area contributed by atoms with Crippen molar-refractivity contribution in [3.8, 4) is 0 Å². The summed E-state index contributed by atoms with van der Waals surface area (Å²) >= 11 is 0. The highest BCUT2D eigenvalue weighted by Crippen LogP contribution is 2.35. The van der Waals surface area contributed by atoms with Gasteiger partial charge in [0.15, 0.2) is 0 Å². The minimum Gasteiger partial charge on any atom is -0.295 e. The van der Waals surface area contributed by atoms with E-state index in [1.165, 1.54) is 25.8 Å². The lowest BCUT2D eigenvalue weighted by Gasteiger charge is -2.43. The first-order valence-electron chi connectivity index (χ1n) is 6.73. The van der Waals surface area contributed by atoms with Crippen molar-refractivity contribution >= 4 is 0 Å². The molecule has 0 aromatic rings. The van der Waals surface area contributed by atoms with Crippen LogP contribution in [0.2, 0.25) is 0 Å². The highest BCUT2D eigenvalue weighted by Gasteiger charge is 2.33. The van der Waals surface area contributed by atoms with Crippen molar-refractivity contribution in [2.24, 2.45) is 5.41 Å². The summed E-state index contributed by atoms with van der Waals surface area (Å²) in [5, 5.41) is 0. The first-order chi connectivity index (χ1) is 7.35. The molecule has 0 N–H and O–H groups in total. The summed E-state index contributed by atoms with van der Waals surface area (Å²) in [6, 6.07) is 0. The van der Waals surface area contributed by atoms with E-state index in [0.29, 0.717) is 5.41 Å². The highest BCUT2D eigenvalue weighted by molar-refractivity contribution is 5.03. The van der Waals surface area contributed by atoms with Crippen LogP contribution >= 0.6 is 0 Å². The van der Waals surface area contributed by atoms with Gasteiger partial charge >= 0.3 is 0 Å². The van der Waals surface area contributed by atoms with Gasteiger partial charge in [0.05, 0.1) is 0 Å². The SMILES string of the molecule is C=CC(C)(CC(C)(C)CC)N(CC)CCC. The molecule has 0 aromatic carbocycles. The number of nitrogens with zero attached hydrogens (tertiary/aromatic N) is 1. The van der Waals surface area contributed by atoms with Crippen molar-refractivity contribution in [3.63, 3.8) is 0 Å². The lowest BCUT2D eigenvalue weighted by atomic mass is 9.76. The van der Waals surface area contributed by atoms with Crippen LogP contribution in [0.3, 0.4) is 0 Å². The highest BCUT2D eigenvalue weighted by atomic mass is 15.2. The van der Waals surface area contributed by atoms with Crippen LogP contribution in [0.25, 0.3) is 0 Å². The Morgan fingerprint density at radius 2 is 1.69 bits per heavy atom. The third kappa shape index (κ3) is 4.29. The Morgan fingerprint density at radius 3 is 2.00 bits per heavy atom. The summed E-state index contributed by atoms with van der Waals surface area (Å²) in [5.74, 6) is 0. The number of rotatable bonds is 8. The van der Waals surface area contributed by atoms with Gasteiger partial charge in [0.2, 0.25) is 0 Å². The first kappa shape index (κ1) is 15.7. The van der Waals surface area contributed by atoms with Crippen molar-refractivity contribution in [2.45, 2.75) is 66.3 Å². The van der Waals surface area contributed by atoms with Crippen LogP contribution in [-0.2, 0) is 0 Å². The fourth-order valence-electron chi connectivity index (χ4n) is 2.45. The topological polar surface area (TPSA) is 3.24 Å². The third-order valence-electron chi connectivity index (χ3n) is 3.83. The Labute approximate surface area is 103 Å². The van der Waals surface area contributed by atoms with Crippen LogP contribution in [0.5, 0.6) is 0 Å². The van der Waals surface area contributed by atoms with Gasteiger partial charge in [-0.1, -0.05) is 47.1 Å². The number of hydrogen-bond acceptors (Lipinski definition) is 1. The van der Waals surface area contributed by atoms with E-state index in [-0.39, 0.29) is 5.54 Å². The van der Waals surface area contributed by atoms with Gasteiger partial charge in [-0.3, -0.25) is 4.90 Å². The maximum absolute atomic E-state index is 4.06. The van der Waals surface area contributed by atoms with Gasteiger partial charge in [0.1, 0.15) is 0 Å². The van der Waals surface area contributed by atoms with Crippen molar-refractivity contribution in [1.29, 1.82) is 0 Å². The molecule has 0 saturated heterocycles. The van der Waals surface area contributed by atoms with Gasteiger partial charge in [0, 0.05) is 5.54 Å². The largest absolute Gasteiger partial charge is 0.295 e. The predicted molar refractivity (Wildman–Crippen MR) is 74.8 cm³/mol. The van der Waals surface area contributed by atoms with Crippen molar-refractivity contribution in [1.82, 2.24) is 4.90 Å². The molecular weight excluding hydrogens is 194 g/mol. The molecular formula is C15H31N. The summed E-state index contributed by atoms with van der Waals surface area (Å²) in [7, 11) is 0. The third-order valence-corrected chi connectivity index (χ3v) is 3.83. The fourth-order valence-corrected chi connectivity index (χ4v) is 2.45. The van der Waals surface area contributed by atoms with Gasteiger partial charge in [-0.2, -0.15) is 0 Å². The van der Waals surface area contributed by atoms with Crippen molar-refractivity contribution < 1.29 is 0 Å². The van der Waals surface area contributed by atoms with Crippen LogP contribution in [-0.4, -0.2) is 23.5 Å². The van der Waals surface area contributed by atoms with Crippen molar-refractivity contribution in [3.05, 3.63) is 12.7 Å². The Hall–Kier alpha value is -0.300. The van der Waals surface area contributed by atoms with Gasteiger partial charge in [-0.25, -0.2) is 0 Å². The standard InChI is InChI=1S/C15H31N/c1-8-12-16(11-4)15(7,10-3)13-14(5,6)9-2/h10H,3,8-9,11-13H2,1-2,4-7H3. The van der Waals surface area contributed by atoms with Gasteiger partial charge < -0.3 is 0 Å². The van der Waals surface area contributed by atoms with E-state index < -0.39 is 0 Å². The molecule has 0 radical (unpaired) electrons. The zero-order chi connectivity index (χ0) is 12.8. The van der Waals surface area contributed by atoms with Gasteiger partial charge in [0.25, 0.3) is 0 Å². The minimum absolute atomic E-state index is 0.143. The molecule has 1 nitrogen and oxygen atoms in total. The molecule has 0 heterocycles. The summed E-state index contributed by atoms with van der Waals surface area (Å²) in [5.41, 5.74) is 0.536. The van der Waals surface area contributed by atoms with Crippen LogP contribution < -0.4 is 0 Å². The van der Waals surface area contributed by atoms with E-state index >= 15 is 0 Å². The lowest BCUT2D eigenvalue weighted by molar-refractivity contribution is 0.0984. The van der Waals surface area contributed by atoms with Crippen LogP contribution in [0, 0.1) is 5.41 Å². The summed E-state index contributed by atoms with van der Waals surface area (Å²) < 4.78 is 0. The molecule has 0 aliphatic heterocycles. The average Bonchev–Trinajstić information content (AvgIpc) is 2.25. The molecule has 1 unspecified atom stereocenters. The van der Waals surface area contributed by atoms with E-state index in [1.54, 1.807) is 0 Å². The normalized spacial score (nSPS) is 16.2. The van der Waals surface area contributed by atoms with E-state index in [2.05, 4.69) is 59.1 Å². The lowest BCUT2D eigenvalue weighted by Crippen LogP contribution is -2.47.